The molecular formula is C23H24ClF4N3O3S. The van der Waals surface area contributed by atoms with Crippen LogP contribution in [0.25, 0.3) is 0 Å². The molecule has 1 N–H and O–H groups in total. The Bertz CT molecular complexity index is 1180. The number of benzene rings is 1. The van der Waals surface area contributed by atoms with E-state index in [1.54, 1.807) is 0 Å². The summed E-state index contributed by atoms with van der Waals surface area (Å²) in [5.74, 6) is -2.32. The number of carbonyl (C=O) groups is 1. The first-order chi connectivity index (χ1) is 16.4. The molecule has 12 heteroatoms. The van der Waals surface area contributed by atoms with Crippen molar-refractivity contribution in [2.24, 2.45) is 5.92 Å². The number of nitrogens with zero attached hydrogens (tertiary/aromatic N) is 2. The number of alkyl halides is 3. The summed E-state index contributed by atoms with van der Waals surface area (Å²) in [4.78, 5) is 17.4. The van der Waals surface area contributed by atoms with E-state index in [1.165, 1.54) is 30.5 Å². The van der Waals surface area contributed by atoms with Gasteiger partial charge in [0.05, 0.1) is 29.1 Å². The molecule has 1 aromatic heterocycles. The molecule has 35 heavy (non-hydrogen) atoms. The van der Waals surface area contributed by atoms with Crippen LogP contribution in [0.15, 0.2) is 30.5 Å². The lowest BCUT2D eigenvalue weighted by Crippen LogP contribution is -2.44. The van der Waals surface area contributed by atoms with Gasteiger partial charge in [-0.2, -0.15) is 13.2 Å². The third kappa shape index (κ3) is 5.55. The van der Waals surface area contributed by atoms with E-state index in [1.807, 2.05) is 0 Å². The van der Waals surface area contributed by atoms with Gasteiger partial charge in [-0.15, -0.1) is 0 Å². The van der Waals surface area contributed by atoms with Gasteiger partial charge in [-0.3, -0.25) is 9.78 Å². The second kappa shape index (κ2) is 9.57. The third-order valence-electron chi connectivity index (χ3n) is 6.60. The summed E-state index contributed by atoms with van der Waals surface area (Å²) in [6.45, 7) is 0. The summed E-state index contributed by atoms with van der Waals surface area (Å²) in [7, 11) is -2.19. The molecule has 0 saturated carbocycles. The van der Waals surface area contributed by atoms with Crippen LogP contribution in [0, 0.1) is 11.7 Å². The summed E-state index contributed by atoms with van der Waals surface area (Å²) < 4.78 is 79.2. The summed E-state index contributed by atoms with van der Waals surface area (Å²) in [5.41, 5.74) is 1.33. The Morgan fingerprint density at radius 1 is 1.14 bits per heavy atom. The van der Waals surface area contributed by atoms with Crippen LogP contribution >= 0.6 is 11.6 Å². The molecule has 190 valence electrons. The Hall–Kier alpha value is -2.40. The minimum Gasteiger partial charge on any atom is -0.380 e. The lowest BCUT2D eigenvalue weighted by molar-refractivity contribution is -0.191. The Kier molecular flexibility index (Phi) is 7.02. The standard InChI is InChI=1S/C23H24ClF4N3O3S/c1-31(22(32)13-6-8-35(33,34)9-7-13)21(23(26,27)28)20-5-2-14(12-29-20)30-15-10-16-17(11-15)19(25)4-3-18(16)24/h2-5,12-13,15,21,30H,6-11H2,1H3/t15?,21-/m0/s1. The maximum absolute atomic E-state index is 14.1. The Morgan fingerprint density at radius 3 is 2.37 bits per heavy atom. The third-order valence-corrected chi connectivity index (χ3v) is 8.67. The Labute approximate surface area is 205 Å². The first-order valence-electron chi connectivity index (χ1n) is 11.1. The number of fused-ring (bicyclic) bond motifs is 1. The van der Waals surface area contributed by atoms with Crippen molar-refractivity contribution in [3.63, 3.8) is 0 Å². The van der Waals surface area contributed by atoms with Crippen molar-refractivity contribution >= 4 is 33.0 Å². The smallest absolute Gasteiger partial charge is 0.380 e. The number of rotatable bonds is 5. The average Bonchev–Trinajstić information content (AvgIpc) is 3.21. The van der Waals surface area contributed by atoms with Crippen molar-refractivity contribution < 1.29 is 30.8 Å². The number of carbonyl (C=O) groups excluding carboxylic acids is 1. The summed E-state index contributed by atoms with van der Waals surface area (Å²) in [6, 6.07) is 2.97. The maximum Gasteiger partial charge on any atom is 0.414 e. The molecule has 6 nitrogen and oxygen atoms in total. The highest BCUT2D eigenvalue weighted by atomic mass is 35.5. The molecule has 4 rings (SSSR count). The Balaban J connectivity index is 1.47. The molecule has 1 saturated heterocycles. The Morgan fingerprint density at radius 2 is 1.80 bits per heavy atom. The van der Waals surface area contributed by atoms with Crippen molar-refractivity contribution in [1.29, 1.82) is 0 Å². The fraction of sp³-hybridized carbons (Fsp3) is 0.478. The number of halogens is 5. The molecule has 2 aromatic rings. The van der Waals surface area contributed by atoms with Crippen LogP contribution in [0.2, 0.25) is 5.02 Å². The predicted octanol–water partition coefficient (Wildman–Crippen LogP) is 4.34. The molecular weight excluding hydrogens is 510 g/mol. The maximum atomic E-state index is 14.1. The van der Waals surface area contributed by atoms with Crippen LogP contribution in [0.3, 0.4) is 0 Å². The topological polar surface area (TPSA) is 79.4 Å². The number of hydrogen-bond donors (Lipinski definition) is 1. The number of aromatic nitrogens is 1. The number of amides is 1. The van der Waals surface area contributed by atoms with Gasteiger partial charge in [-0.05, 0) is 61.1 Å². The summed E-state index contributed by atoms with van der Waals surface area (Å²) >= 11 is 6.16. The molecule has 1 aliphatic carbocycles. The average molecular weight is 534 g/mol. The first-order valence-corrected chi connectivity index (χ1v) is 13.3. The van der Waals surface area contributed by atoms with Gasteiger partial charge < -0.3 is 10.2 Å². The molecule has 1 aliphatic heterocycles. The van der Waals surface area contributed by atoms with Crippen LogP contribution in [-0.4, -0.2) is 55.0 Å². The van der Waals surface area contributed by atoms with Gasteiger partial charge in [0.15, 0.2) is 6.04 Å². The number of pyridine rings is 1. The largest absolute Gasteiger partial charge is 0.414 e. The monoisotopic (exact) mass is 533 g/mol. The van der Waals surface area contributed by atoms with Gasteiger partial charge in [-0.1, -0.05) is 11.6 Å². The van der Waals surface area contributed by atoms with E-state index in [0.29, 0.717) is 39.6 Å². The van der Waals surface area contributed by atoms with Crippen molar-refractivity contribution in [3.8, 4) is 0 Å². The van der Waals surface area contributed by atoms with Crippen LogP contribution in [0.4, 0.5) is 23.2 Å². The van der Waals surface area contributed by atoms with E-state index >= 15 is 0 Å². The predicted molar refractivity (Wildman–Crippen MR) is 123 cm³/mol. The molecule has 1 unspecified atom stereocenters. The van der Waals surface area contributed by atoms with Crippen LogP contribution in [0.1, 0.15) is 35.7 Å². The molecule has 1 fully saturated rings. The van der Waals surface area contributed by atoms with Crippen LogP contribution in [0.5, 0.6) is 0 Å². The zero-order valence-electron chi connectivity index (χ0n) is 18.8. The molecule has 2 heterocycles. The molecule has 0 radical (unpaired) electrons. The fourth-order valence-electron chi connectivity index (χ4n) is 4.77. The van der Waals surface area contributed by atoms with Gasteiger partial charge in [0, 0.05) is 24.0 Å². The minimum absolute atomic E-state index is 0.000752. The van der Waals surface area contributed by atoms with Gasteiger partial charge in [0.25, 0.3) is 0 Å². The highest BCUT2D eigenvalue weighted by molar-refractivity contribution is 7.91. The van der Waals surface area contributed by atoms with E-state index in [-0.39, 0.29) is 41.9 Å². The van der Waals surface area contributed by atoms with Crippen LogP contribution in [-0.2, 0) is 27.5 Å². The number of anilines is 1. The summed E-state index contributed by atoms with van der Waals surface area (Å²) in [6.07, 6.45) is -2.69. The van der Waals surface area contributed by atoms with Gasteiger partial charge >= 0.3 is 6.18 Å². The van der Waals surface area contributed by atoms with E-state index in [2.05, 4.69) is 10.3 Å². The number of nitrogens with one attached hydrogen (secondary N) is 1. The molecule has 0 spiro atoms. The second-order valence-corrected chi connectivity index (χ2v) is 11.7. The van der Waals surface area contributed by atoms with Crippen molar-refractivity contribution in [1.82, 2.24) is 9.88 Å². The first kappa shape index (κ1) is 25.7. The summed E-state index contributed by atoms with van der Waals surface area (Å²) in [5, 5.41) is 3.62. The molecule has 0 bridgehead atoms. The lowest BCUT2D eigenvalue weighted by atomic mass is 9.99. The second-order valence-electron chi connectivity index (χ2n) is 9.03. The van der Waals surface area contributed by atoms with E-state index in [9.17, 15) is 30.8 Å². The van der Waals surface area contributed by atoms with Crippen molar-refractivity contribution in [2.75, 3.05) is 23.9 Å². The molecule has 1 amide bonds. The van der Waals surface area contributed by atoms with Crippen molar-refractivity contribution in [2.45, 2.75) is 43.9 Å². The van der Waals surface area contributed by atoms with Gasteiger partial charge in [0.1, 0.15) is 15.7 Å². The normalized spacial score (nSPS) is 20.8. The van der Waals surface area contributed by atoms with Gasteiger partial charge in [0.2, 0.25) is 5.91 Å². The van der Waals surface area contributed by atoms with Crippen LogP contribution < -0.4 is 5.32 Å². The van der Waals surface area contributed by atoms with Crippen molar-refractivity contribution in [3.05, 3.63) is 58.1 Å². The zero-order chi connectivity index (χ0) is 25.5. The lowest BCUT2D eigenvalue weighted by Gasteiger charge is -2.33. The highest BCUT2D eigenvalue weighted by Crippen LogP contribution is 2.38. The zero-order valence-corrected chi connectivity index (χ0v) is 20.4. The quantitative estimate of drug-likeness (QED) is 0.578. The number of sulfone groups is 1. The van der Waals surface area contributed by atoms with E-state index in [0.717, 1.165) is 7.05 Å². The molecule has 2 atom stereocenters. The SMILES string of the molecule is CN(C(=O)C1CCS(=O)(=O)CC1)[C@@H](c1ccc(NC2Cc3c(F)ccc(Cl)c3C2)cn1)C(F)(F)F. The van der Waals surface area contributed by atoms with E-state index in [4.69, 9.17) is 11.6 Å². The molecule has 1 aromatic carbocycles. The van der Waals surface area contributed by atoms with E-state index < -0.39 is 33.9 Å². The number of hydrogen-bond acceptors (Lipinski definition) is 5. The molecule has 2 aliphatic rings. The highest BCUT2D eigenvalue weighted by Gasteiger charge is 2.47. The fourth-order valence-corrected chi connectivity index (χ4v) is 6.52. The minimum atomic E-state index is -4.78. The van der Waals surface area contributed by atoms with Gasteiger partial charge in [-0.25, -0.2) is 12.8 Å².